The van der Waals surface area contributed by atoms with E-state index in [4.69, 9.17) is 15.7 Å². The summed E-state index contributed by atoms with van der Waals surface area (Å²) < 4.78 is 6.46. The lowest BCUT2D eigenvalue weighted by Crippen LogP contribution is -2.20. The minimum Gasteiger partial charge on any atom is -0.489 e. The van der Waals surface area contributed by atoms with Gasteiger partial charge in [-0.3, -0.25) is 0 Å². The van der Waals surface area contributed by atoms with Gasteiger partial charge in [0.15, 0.2) is 5.75 Å². The van der Waals surface area contributed by atoms with E-state index in [2.05, 4.69) is 28.7 Å². The van der Waals surface area contributed by atoms with Crippen molar-refractivity contribution in [3.8, 4) is 11.8 Å². The van der Waals surface area contributed by atoms with Crippen molar-refractivity contribution >= 4 is 28.3 Å². The maximum atomic E-state index is 8.77. The molecule has 0 atom stereocenters. The molecule has 16 heavy (non-hydrogen) atoms. The first-order valence-corrected chi connectivity index (χ1v) is 5.89. The third-order valence-electron chi connectivity index (χ3n) is 1.99. The lowest BCUT2D eigenvalue weighted by molar-refractivity contribution is 0.261. The lowest BCUT2D eigenvalue weighted by Gasteiger charge is -2.13. The van der Waals surface area contributed by atoms with E-state index in [-0.39, 0.29) is 0 Å². The molecular formula is C11H14IN3O. The Hall–Kier alpha value is -1.00. The minimum absolute atomic E-state index is 0.516. The van der Waals surface area contributed by atoms with Gasteiger partial charge in [0, 0.05) is 6.54 Å². The molecule has 0 unspecified atom stereocenters. The Kier molecular flexibility index (Phi) is 4.83. The van der Waals surface area contributed by atoms with Gasteiger partial charge in [0.2, 0.25) is 0 Å². The molecule has 0 fully saturated rings. The first kappa shape index (κ1) is 13.1. The van der Waals surface area contributed by atoms with Crippen molar-refractivity contribution in [1.82, 2.24) is 4.90 Å². The van der Waals surface area contributed by atoms with Crippen LogP contribution in [0.4, 0.5) is 5.69 Å². The normalized spacial score (nSPS) is 10.2. The predicted octanol–water partition coefficient (Wildman–Crippen LogP) is 1.69. The number of benzene rings is 1. The van der Waals surface area contributed by atoms with E-state index in [1.807, 2.05) is 19.0 Å². The molecule has 0 spiro atoms. The van der Waals surface area contributed by atoms with Gasteiger partial charge in [-0.1, -0.05) is 0 Å². The number of likely N-dealkylation sites (N-methyl/N-ethyl adjacent to an activating group) is 1. The van der Waals surface area contributed by atoms with Gasteiger partial charge in [0.05, 0.1) is 20.9 Å². The monoisotopic (exact) mass is 331 g/mol. The van der Waals surface area contributed by atoms with Gasteiger partial charge in [-0.05, 0) is 48.8 Å². The molecule has 0 radical (unpaired) electrons. The second kappa shape index (κ2) is 5.92. The number of hydrogen-bond donors (Lipinski definition) is 1. The average molecular weight is 331 g/mol. The topological polar surface area (TPSA) is 62.3 Å². The number of anilines is 1. The Bertz CT molecular complexity index is 389. The van der Waals surface area contributed by atoms with E-state index in [0.29, 0.717) is 23.6 Å². The van der Waals surface area contributed by atoms with E-state index in [9.17, 15) is 0 Å². The molecule has 1 aromatic rings. The summed E-state index contributed by atoms with van der Waals surface area (Å²) in [5, 5.41) is 8.77. The molecule has 0 bridgehead atoms. The van der Waals surface area contributed by atoms with Crippen LogP contribution in [0.3, 0.4) is 0 Å². The number of hydrogen-bond acceptors (Lipinski definition) is 4. The van der Waals surface area contributed by atoms with Gasteiger partial charge >= 0.3 is 0 Å². The molecule has 2 N–H and O–H groups in total. The largest absolute Gasteiger partial charge is 0.489 e. The van der Waals surface area contributed by atoms with Crippen LogP contribution in [0.5, 0.6) is 5.75 Å². The second-order valence-corrected chi connectivity index (χ2v) is 4.80. The summed E-state index contributed by atoms with van der Waals surface area (Å²) in [5.41, 5.74) is 6.89. The maximum absolute atomic E-state index is 8.77. The highest BCUT2D eigenvalue weighted by Crippen LogP contribution is 2.29. The molecule has 0 heterocycles. The Morgan fingerprint density at radius 1 is 1.50 bits per heavy atom. The van der Waals surface area contributed by atoms with Crippen LogP contribution in [0.1, 0.15) is 5.56 Å². The van der Waals surface area contributed by atoms with Crippen molar-refractivity contribution in [2.75, 3.05) is 33.0 Å². The Morgan fingerprint density at radius 3 is 2.69 bits per heavy atom. The smallest absolute Gasteiger partial charge is 0.155 e. The van der Waals surface area contributed by atoms with E-state index >= 15 is 0 Å². The molecule has 1 aromatic carbocycles. The average Bonchev–Trinajstić information content (AvgIpc) is 2.21. The highest BCUT2D eigenvalue weighted by molar-refractivity contribution is 14.1. The SMILES string of the molecule is CN(C)CCOc1c(N)cc(C#N)cc1I. The number of nitrogen functional groups attached to an aromatic ring is 1. The Labute approximate surface area is 109 Å². The summed E-state index contributed by atoms with van der Waals surface area (Å²) in [6.07, 6.45) is 0. The predicted molar refractivity (Wildman–Crippen MR) is 72.3 cm³/mol. The first-order chi connectivity index (χ1) is 7.54. The fourth-order valence-corrected chi connectivity index (χ4v) is 1.96. The van der Waals surface area contributed by atoms with Crippen LogP contribution >= 0.6 is 22.6 Å². The molecule has 0 saturated heterocycles. The molecule has 86 valence electrons. The van der Waals surface area contributed by atoms with E-state index < -0.39 is 0 Å². The van der Waals surface area contributed by atoms with Gasteiger partial charge < -0.3 is 15.4 Å². The van der Waals surface area contributed by atoms with E-state index in [1.54, 1.807) is 12.1 Å². The maximum Gasteiger partial charge on any atom is 0.155 e. The standard InChI is InChI=1S/C11H14IN3O/c1-15(2)3-4-16-11-9(12)5-8(7-13)6-10(11)14/h5-6H,3-4,14H2,1-2H3. The molecule has 0 aliphatic rings. The van der Waals surface area contributed by atoms with Crippen LogP contribution < -0.4 is 10.5 Å². The van der Waals surface area contributed by atoms with E-state index in [1.165, 1.54) is 0 Å². The van der Waals surface area contributed by atoms with Crippen molar-refractivity contribution in [3.05, 3.63) is 21.3 Å². The van der Waals surface area contributed by atoms with Crippen LogP contribution in [0.15, 0.2) is 12.1 Å². The molecule has 4 nitrogen and oxygen atoms in total. The number of nitrogens with zero attached hydrogens (tertiary/aromatic N) is 2. The quantitative estimate of drug-likeness (QED) is 0.674. The number of nitrogens with two attached hydrogens (primary N) is 1. The summed E-state index contributed by atoms with van der Waals surface area (Å²) in [7, 11) is 3.97. The Morgan fingerprint density at radius 2 is 2.19 bits per heavy atom. The summed E-state index contributed by atoms with van der Waals surface area (Å²) in [4.78, 5) is 2.03. The zero-order chi connectivity index (χ0) is 12.1. The highest BCUT2D eigenvalue weighted by atomic mass is 127. The molecule has 0 saturated carbocycles. The number of nitriles is 1. The van der Waals surface area contributed by atoms with Gasteiger partial charge in [0.25, 0.3) is 0 Å². The van der Waals surface area contributed by atoms with Crippen molar-refractivity contribution < 1.29 is 4.74 Å². The summed E-state index contributed by atoms with van der Waals surface area (Å²) in [6, 6.07) is 5.46. The van der Waals surface area contributed by atoms with Gasteiger partial charge in [0.1, 0.15) is 6.61 Å². The lowest BCUT2D eigenvalue weighted by atomic mass is 10.2. The number of ether oxygens (including phenoxy) is 1. The third-order valence-corrected chi connectivity index (χ3v) is 2.79. The molecule has 5 heteroatoms. The van der Waals surface area contributed by atoms with Gasteiger partial charge in [-0.25, -0.2) is 0 Å². The number of halogens is 1. The van der Waals surface area contributed by atoms with Crippen LogP contribution in [0.25, 0.3) is 0 Å². The molecular weight excluding hydrogens is 317 g/mol. The fourth-order valence-electron chi connectivity index (χ4n) is 1.16. The molecule has 1 rings (SSSR count). The first-order valence-electron chi connectivity index (χ1n) is 4.81. The van der Waals surface area contributed by atoms with Crippen LogP contribution in [-0.4, -0.2) is 32.1 Å². The molecule has 0 aliphatic heterocycles. The highest BCUT2D eigenvalue weighted by Gasteiger charge is 2.08. The van der Waals surface area contributed by atoms with Crippen LogP contribution in [0.2, 0.25) is 0 Å². The zero-order valence-electron chi connectivity index (χ0n) is 9.33. The summed E-state index contributed by atoms with van der Waals surface area (Å²) in [5.74, 6) is 0.668. The number of rotatable bonds is 4. The van der Waals surface area contributed by atoms with Crippen molar-refractivity contribution in [3.63, 3.8) is 0 Å². The van der Waals surface area contributed by atoms with Crippen molar-refractivity contribution in [1.29, 1.82) is 5.26 Å². The Balaban J connectivity index is 2.77. The van der Waals surface area contributed by atoms with E-state index in [0.717, 1.165) is 10.1 Å². The van der Waals surface area contributed by atoms with Crippen LogP contribution in [0, 0.1) is 14.9 Å². The molecule has 0 amide bonds. The van der Waals surface area contributed by atoms with Gasteiger partial charge in [-0.15, -0.1) is 0 Å². The van der Waals surface area contributed by atoms with Crippen molar-refractivity contribution in [2.45, 2.75) is 0 Å². The van der Waals surface area contributed by atoms with Crippen LogP contribution in [-0.2, 0) is 0 Å². The zero-order valence-corrected chi connectivity index (χ0v) is 11.5. The molecule has 0 aliphatic carbocycles. The third kappa shape index (κ3) is 3.54. The minimum atomic E-state index is 0.516. The van der Waals surface area contributed by atoms with Gasteiger partial charge in [-0.2, -0.15) is 5.26 Å². The van der Waals surface area contributed by atoms with Crippen molar-refractivity contribution in [2.24, 2.45) is 0 Å². The molecule has 0 aromatic heterocycles. The summed E-state index contributed by atoms with van der Waals surface area (Å²) in [6.45, 7) is 1.41. The summed E-state index contributed by atoms with van der Waals surface area (Å²) >= 11 is 2.12. The second-order valence-electron chi connectivity index (χ2n) is 3.64. The fraction of sp³-hybridized carbons (Fsp3) is 0.364.